The molecule has 1 aliphatic rings. The van der Waals surface area contributed by atoms with Crippen LogP contribution in [0.1, 0.15) is 58.5 Å². The average molecular weight is 437 g/mol. The van der Waals surface area contributed by atoms with Gasteiger partial charge < -0.3 is 0 Å². The third-order valence-electron chi connectivity index (χ3n) is 5.90. The van der Waals surface area contributed by atoms with Gasteiger partial charge in [0.05, 0.1) is 11.7 Å². The lowest BCUT2D eigenvalue weighted by Gasteiger charge is -2.26. The maximum absolute atomic E-state index is 13.6. The van der Waals surface area contributed by atoms with Gasteiger partial charge in [-0.15, -0.1) is 11.5 Å². The van der Waals surface area contributed by atoms with Crippen LogP contribution in [0, 0.1) is 25.2 Å². The normalized spacial score (nSPS) is 18.0. The Kier molecular flexibility index (Phi) is 5.89. The maximum Gasteiger partial charge on any atom is 0.297 e. The van der Waals surface area contributed by atoms with Gasteiger partial charge in [-0.25, -0.2) is 0 Å². The van der Waals surface area contributed by atoms with Crippen molar-refractivity contribution in [1.82, 2.24) is 10.2 Å². The molecule has 2 unspecified atom stereocenters. The van der Waals surface area contributed by atoms with Crippen LogP contribution in [0.4, 0.5) is 5.82 Å². The van der Waals surface area contributed by atoms with Crippen molar-refractivity contribution in [2.75, 3.05) is 4.90 Å². The zero-order chi connectivity index (χ0) is 23.7. The van der Waals surface area contributed by atoms with Gasteiger partial charge in [0.25, 0.3) is 5.91 Å². The zero-order valence-corrected chi connectivity index (χ0v) is 18.6. The molecule has 6 nitrogen and oxygen atoms in total. The fourth-order valence-electron chi connectivity index (χ4n) is 4.03. The summed E-state index contributed by atoms with van der Waals surface area (Å²) in [5, 5.41) is 8.14. The molecule has 0 bridgehead atoms. The SMILES string of the molecule is C#Cc1ccc(C2C(C(=O)c3ccc(C(C)C)cc3)C(=O)C(=O)N2c2ccc(C)nn2)cc1. The van der Waals surface area contributed by atoms with Crippen LogP contribution in [-0.4, -0.2) is 27.7 Å². The molecule has 0 radical (unpaired) electrons. The van der Waals surface area contributed by atoms with E-state index in [1.165, 1.54) is 4.90 Å². The highest BCUT2D eigenvalue weighted by Gasteiger charge is 2.52. The number of benzene rings is 2. The van der Waals surface area contributed by atoms with Crippen molar-refractivity contribution in [2.45, 2.75) is 32.7 Å². The van der Waals surface area contributed by atoms with Crippen molar-refractivity contribution in [3.05, 3.63) is 88.6 Å². The number of ketones is 2. The minimum Gasteiger partial charge on any atom is -0.293 e. The number of terminal acetylenes is 1. The Morgan fingerprint density at radius 3 is 2.18 bits per heavy atom. The predicted molar refractivity (Wildman–Crippen MR) is 125 cm³/mol. The average Bonchev–Trinajstić information content (AvgIpc) is 3.09. The molecular formula is C27H23N3O3. The van der Waals surface area contributed by atoms with Crippen LogP contribution in [0.3, 0.4) is 0 Å². The van der Waals surface area contributed by atoms with Crippen molar-refractivity contribution in [1.29, 1.82) is 0 Å². The van der Waals surface area contributed by atoms with E-state index >= 15 is 0 Å². The summed E-state index contributed by atoms with van der Waals surface area (Å²) in [7, 11) is 0. The number of nitrogens with zero attached hydrogens (tertiary/aromatic N) is 3. The van der Waals surface area contributed by atoms with Crippen LogP contribution in [0.25, 0.3) is 0 Å². The molecule has 3 aromatic rings. The first kappa shape index (κ1) is 22.1. The Balaban J connectivity index is 1.81. The summed E-state index contributed by atoms with van der Waals surface area (Å²) in [4.78, 5) is 41.1. The summed E-state index contributed by atoms with van der Waals surface area (Å²) in [5.41, 5.74) is 3.41. The number of carbonyl (C=O) groups excluding carboxylic acids is 3. The van der Waals surface area contributed by atoms with Crippen LogP contribution >= 0.6 is 0 Å². The standard InChI is InChI=1S/C27H23N3O3/c1-5-18-7-9-20(10-8-18)24-23(25(31)21-13-11-19(12-14-21)16(2)3)26(32)27(33)30(24)22-15-6-17(4)28-29-22/h1,6-16,23-24H,2-4H3. The van der Waals surface area contributed by atoms with Crippen LogP contribution < -0.4 is 4.90 Å². The Hall–Kier alpha value is -4.11. The number of anilines is 1. The lowest BCUT2D eigenvalue weighted by molar-refractivity contribution is -0.135. The van der Waals surface area contributed by atoms with E-state index in [9.17, 15) is 14.4 Å². The molecule has 33 heavy (non-hydrogen) atoms. The van der Waals surface area contributed by atoms with Gasteiger partial charge in [0.1, 0.15) is 5.92 Å². The first-order valence-electron chi connectivity index (χ1n) is 10.7. The quantitative estimate of drug-likeness (QED) is 0.260. The molecule has 0 saturated carbocycles. The zero-order valence-electron chi connectivity index (χ0n) is 18.6. The molecule has 1 aromatic heterocycles. The molecule has 2 heterocycles. The van der Waals surface area contributed by atoms with E-state index < -0.39 is 29.4 Å². The number of aryl methyl sites for hydroxylation is 1. The second-order valence-electron chi connectivity index (χ2n) is 8.40. The Morgan fingerprint density at radius 2 is 1.64 bits per heavy atom. The molecule has 1 amide bonds. The molecule has 1 saturated heterocycles. The molecule has 6 heteroatoms. The lowest BCUT2D eigenvalue weighted by atomic mass is 9.85. The summed E-state index contributed by atoms with van der Waals surface area (Å²) >= 11 is 0. The van der Waals surface area contributed by atoms with Gasteiger partial charge in [0.2, 0.25) is 5.78 Å². The fourth-order valence-corrected chi connectivity index (χ4v) is 4.03. The van der Waals surface area contributed by atoms with E-state index in [0.29, 0.717) is 28.3 Å². The highest BCUT2D eigenvalue weighted by Crippen LogP contribution is 2.40. The van der Waals surface area contributed by atoms with Gasteiger partial charge in [-0.05, 0) is 48.2 Å². The largest absolute Gasteiger partial charge is 0.297 e. The van der Waals surface area contributed by atoms with E-state index in [2.05, 4.69) is 30.0 Å². The maximum atomic E-state index is 13.6. The minimum atomic E-state index is -1.21. The van der Waals surface area contributed by atoms with Crippen molar-refractivity contribution in [3.63, 3.8) is 0 Å². The molecule has 4 rings (SSSR count). The summed E-state index contributed by atoms with van der Waals surface area (Å²) in [5.74, 6) is -0.0814. The molecule has 0 N–H and O–H groups in total. The minimum absolute atomic E-state index is 0.218. The highest BCUT2D eigenvalue weighted by atomic mass is 16.2. The van der Waals surface area contributed by atoms with E-state index in [1.807, 2.05) is 12.1 Å². The van der Waals surface area contributed by atoms with Gasteiger partial charge in [0, 0.05) is 11.1 Å². The molecule has 164 valence electrons. The van der Waals surface area contributed by atoms with Gasteiger partial charge in [-0.3, -0.25) is 19.3 Å². The van der Waals surface area contributed by atoms with Gasteiger partial charge in [0.15, 0.2) is 11.6 Å². The number of Topliss-reactive ketones (excluding diaryl/α,β-unsaturated/α-hetero) is 2. The van der Waals surface area contributed by atoms with Crippen LogP contribution in [-0.2, 0) is 9.59 Å². The number of hydrogen-bond acceptors (Lipinski definition) is 5. The van der Waals surface area contributed by atoms with Crippen molar-refractivity contribution < 1.29 is 14.4 Å². The number of hydrogen-bond donors (Lipinski definition) is 0. The smallest absolute Gasteiger partial charge is 0.293 e. The Labute approximate surface area is 192 Å². The van der Waals surface area contributed by atoms with Crippen molar-refractivity contribution in [3.8, 4) is 12.3 Å². The molecule has 0 aliphatic carbocycles. The lowest BCUT2D eigenvalue weighted by Crippen LogP contribution is -2.31. The number of aromatic nitrogens is 2. The third-order valence-corrected chi connectivity index (χ3v) is 5.90. The summed E-state index contributed by atoms with van der Waals surface area (Å²) < 4.78 is 0. The second-order valence-corrected chi connectivity index (χ2v) is 8.40. The molecule has 2 atom stereocenters. The molecule has 1 fully saturated rings. The monoisotopic (exact) mass is 437 g/mol. The van der Waals surface area contributed by atoms with E-state index in [0.717, 1.165) is 5.56 Å². The number of carbonyl (C=O) groups is 3. The topological polar surface area (TPSA) is 80.2 Å². The van der Waals surface area contributed by atoms with Crippen LogP contribution in [0.2, 0.25) is 0 Å². The van der Waals surface area contributed by atoms with Crippen molar-refractivity contribution in [2.24, 2.45) is 5.92 Å². The molecule has 2 aromatic carbocycles. The number of rotatable bonds is 5. The Morgan fingerprint density at radius 1 is 0.970 bits per heavy atom. The van der Waals surface area contributed by atoms with E-state index in [4.69, 9.17) is 6.42 Å². The van der Waals surface area contributed by atoms with E-state index in [-0.39, 0.29) is 5.82 Å². The summed E-state index contributed by atoms with van der Waals surface area (Å²) in [6.07, 6.45) is 5.47. The first-order chi connectivity index (χ1) is 15.8. The summed E-state index contributed by atoms with van der Waals surface area (Å²) in [6.45, 7) is 5.90. The molecule has 0 spiro atoms. The fraction of sp³-hybridized carbons (Fsp3) is 0.222. The van der Waals surface area contributed by atoms with Crippen molar-refractivity contribution >= 4 is 23.3 Å². The first-order valence-corrected chi connectivity index (χ1v) is 10.7. The highest BCUT2D eigenvalue weighted by molar-refractivity contribution is 6.48. The molecule has 1 aliphatic heterocycles. The second kappa shape index (κ2) is 8.79. The van der Waals surface area contributed by atoms with Gasteiger partial charge >= 0.3 is 0 Å². The Bertz CT molecular complexity index is 1250. The van der Waals surface area contributed by atoms with Crippen LogP contribution in [0.5, 0.6) is 0 Å². The third kappa shape index (κ3) is 4.06. The van der Waals surface area contributed by atoms with Gasteiger partial charge in [-0.2, -0.15) is 5.10 Å². The van der Waals surface area contributed by atoms with Gasteiger partial charge in [-0.1, -0.05) is 56.2 Å². The van der Waals surface area contributed by atoms with E-state index in [1.54, 1.807) is 55.5 Å². The van der Waals surface area contributed by atoms with Crippen LogP contribution in [0.15, 0.2) is 60.7 Å². The predicted octanol–water partition coefficient (Wildman–Crippen LogP) is 4.05. The summed E-state index contributed by atoms with van der Waals surface area (Å²) in [6, 6.07) is 16.6. The molecular weight excluding hydrogens is 414 g/mol. The number of amides is 1.